The minimum absolute atomic E-state index is 0.00208. The summed E-state index contributed by atoms with van der Waals surface area (Å²) in [6.07, 6.45) is 2.47. The van der Waals surface area contributed by atoms with Gasteiger partial charge in [-0.05, 0) is 24.6 Å². The van der Waals surface area contributed by atoms with Crippen LogP contribution in [0.15, 0.2) is 35.6 Å². The van der Waals surface area contributed by atoms with E-state index in [1.54, 1.807) is 6.92 Å². The van der Waals surface area contributed by atoms with E-state index in [0.29, 0.717) is 33.3 Å². The Morgan fingerprint density at radius 1 is 1.20 bits per heavy atom. The highest BCUT2D eigenvalue weighted by molar-refractivity contribution is 7.15. The van der Waals surface area contributed by atoms with Crippen molar-refractivity contribution >= 4 is 23.6 Å². The number of carbonyl (C=O) groups is 1. The van der Waals surface area contributed by atoms with Gasteiger partial charge in [0, 0.05) is 24.8 Å². The molecule has 182 valence electrons. The van der Waals surface area contributed by atoms with E-state index in [9.17, 15) is 23.1 Å². The maximum Gasteiger partial charge on any atom is 0.341 e. The lowest BCUT2D eigenvalue weighted by Gasteiger charge is -2.41. The summed E-state index contributed by atoms with van der Waals surface area (Å²) in [4.78, 5) is 23.5. The molecular formula is C23H20F3N5O3S. The van der Waals surface area contributed by atoms with Crippen LogP contribution < -0.4 is 4.74 Å². The molecule has 2 aliphatic rings. The van der Waals surface area contributed by atoms with Crippen molar-refractivity contribution < 1.29 is 27.8 Å². The zero-order chi connectivity index (χ0) is 24.7. The predicted octanol–water partition coefficient (Wildman–Crippen LogP) is 4.04. The number of nitrogens with zero attached hydrogens (tertiary/aromatic N) is 5. The van der Waals surface area contributed by atoms with Crippen molar-refractivity contribution in [2.45, 2.75) is 32.1 Å². The molecule has 35 heavy (non-hydrogen) atoms. The summed E-state index contributed by atoms with van der Waals surface area (Å²) in [6, 6.07) is 3.57. The molecule has 8 nitrogen and oxygen atoms in total. The number of ether oxygens (including phenoxy) is 1. The number of aryl methyl sites for hydroxylation is 1. The van der Waals surface area contributed by atoms with Gasteiger partial charge in [-0.3, -0.25) is 4.98 Å². The van der Waals surface area contributed by atoms with Crippen molar-refractivity contribution in [3.8, 4) is 16.3 Å². The van der Waals surface area contributed by atoms with Gasteiger partial charge >= 0.3 is 6.03 Å². The van der Waals surface area contributed by atoms with Crippen molar-refractivity contribution in [2.24, 2.45) is 5.10 Å². The smallest absolute Gasteiger partial charge is 0.341 e. The van der Waals surface area contributed by atoms with Crippen molar-refractivity contribution in [3.05, 3.63) is 64.2 Å². The van der Waals surface area contributed by atoms with Gasteiger partial charge in [-0.2, -0.15) is 5.10 Å². The number of pyridine rings is 1. The van der Waals surface area contributed by atoms with Crippen LogP contribution in [0.5, 0.6) is 5.75 Å². The van der Waals surface area contributed by atoms with Gasteiger partial charge in [-0.25, -0.2) is 28.0 Å². The Bertz CT molecular complexity index is 1290. The van der Waals surface area contributed by atoms with Crippen molar-refractivity contribution in [1.82, 2.24) is 19.9 Å². The molecule has 12 heteroatoms. The summed E-state index contributed by atoms with van der Waals surface area (Å²) in [5.41, 5.74) is 1.46. The Kier molecular flexibility index (Phi) is 6.15. The molecule has 1 fully saturated rings. The molecule has 1 atom stereocenters. The quantitative estimate of drug-likeness (QED) is 0.568. The van der Waals surface area contributed by atoms with Crippen LogP contribution in [0.4, 0.5) is 18.0 Å². The summed E-state index contributed by atoms with van der Waals surface area (Å²) in [5, 5.41) is 15.1. The van der Waals surface area contributed by atoms with E-state index < -0.39 is 35.6 Å². The number of amides is 2. The van der Waals surface area contributed by atoms with Gasteiger partial charge in [-0.1, -0.05) is 0 Å². The number of thiazole rings is 1. The average Bonchev–Trinajstić information content (AvgIpc) is 3.43. The molecule has 0 unspecified atom stereocenters. The van der Waals surface area contributed by atoms with Crippen LogP contribution in [0.3, 0.4) is 0 Å². The van der Waals surface area contributed by atoms with E-state index >= 15 is 0 Å². The minimum Gasteiger partial charge on any atom is -0.483 e. The Hall–Kier alpha value is -3.51. The van der Waals surface area contributed by atoms with Crippen LogP contribution in [-0.2, 0) is 6.61 Å². The summed E-state index contributed by atoms with van der Waals surface area (Å²) < 4.78 is 47.5. The van der Waals surface area contributed by atoms with Crippen LogP contribution in [0.2, 0.25) is 0 Å². The van der Waals surface area contributed by atoms with E-state index in [-0.39, 0.29) is 25.4 Å². The number of hydrogen-bond acceptors (Lipinski definition) is 7. The summed E-state index contributed by atoms with van der Waals surface area (Å²) >= 11 is 1.26. The second-order valence-corrected chi connectivity index (χ2v) is 9.29. The number of hydrogen-bond donors (Lipinski definition) is 1. The predicted molar refractivity (Wildman–Crippen MR) is 121 cm³/mol. The Morgan fingerprint density at radius 3 is 2.63 bits per heavy atom. The molecule has 1 N–H and O–H groups in total. The number of aromatic nitrogens is 2. The van der Waals surface area contributed by atoms with Crippen LogP contribution in [0, 0.1) is 24.4 Å². The number of carbonyl (C=O) groups excluding carboxylic acids is 1. The fraction of sp³-hybridized carbons (Fsp3) is 0.304. The van der Waals surface area contributed by atoms with Crippen molar-refractivity contribution in [3.63, 3.8) is 0 Å². The van der Waals surface area contributed by atoms with E-state index in [2.05, 4.69) is 15.1 Å². The Balaban J connectivity index is 1.24. The highest BCUT2D eigenvalue weighted by Gasteiger charge is 2.39. The number of halogens is 3. The molecule has 3 aromatic rings. The molecule has 5 rings (SSSR count). The van der Waals surface area contributed by atoms with Gasteiger partial charge in [0.1, 0.15) is 22.7 Å². The maximum atomic E-state index is 14.4. The normalized spacial score (nSPS) is 17.7. The molecule has 2 aromatic heterocycles. The lowest BCUT2D eigenvalue weighted by atomic mass is 10.0. The number of hydrazone groups is 1. The summed E-state index contributed by atoms with van der Waals surface area (Å²) in [6.45, 7) is 1.97. The third kappa shape index (κ3) is 4.58. The van der Waals surface area contributed by atoms with E-state index in [1.807, 2.05) is 0 Å². The summed E-state index contributed by atoms with van der Waals surface area (Å²) in [7, 11) is 0. The van der Waals surface area contributed by atoms with Gasteiger partial charge in [0.25, 0.3) is 0 Å². The van der Waals surface area contributed by atoms with Crippen molar-refractivity contribution in [2.75, 3.05) is 13.1 Å². The third-order valence-corrected chi connectivity index (χ3v) is 6.90. The van der Waals surface area contributed by atoms with Gasteiger partial charge in [0.2, 0.25) is 0 Å². The average molecular weight is 504 g/mol. The first-order chi connectivity index (χ1) is 16.8. The number of urea groups is 1. The van der Waals surface area contributed by atoms with E-state index in [0.717, 1.165) is 12.3 Å². The molecule has 2 aliphatic heterocycles. The summed E-state index contributed by atoms with van der Waals surface area (Å²) in [5.74, 6) is -2.09. The fourth-order valence-electron chi connectivity index (χ4n) is 4.03. The zero-order valence-electron chi connectivity index (χ0n) is 18.5. The number of benzene rings is 1. The van der Waals surface area contributed by atoms with Gasteiger partial charge < -0.3 is 14.7 Å². The van der Waals surface area contributed by atoms with Crippen LogP contribution >= 0.6 is 11.3 Å². The van der Waals surface area contributed by atoms with Gasteiger partial charge in [-0.15, -0.1) is 11.3 Å². The first kappa shape index (κ1) is 23.2. The highest BCUT2D eigenvalue weighted by atomic mass is 32.1. The molecule has 0 radical (unpaired) electrons. The lowest BCUT2D eigenvalue weighted by molar-refractivity contribution is 0.0256. The number of aliphatic hydroxyl groups excluding tert-OH is 1. The molecule has 0 bridgehead atoms. The molecule has 0 saturated carbocycles. The first-order valence-electron chi connectivity index (χ1n) is 10.8. The highest BCUT2D eigenvalue weighted by Crippen LogP contribution is 2.34. The van der Waals surface area contributed by atoms with E-state index in [1.165, 1.54) is 45.7 Å². The Labute approximate surface area is 202 Å². The Morgan fingerprint density at radius 2 is 1.94 bits per heavy atom. The molecular weight excluding hydrogens is 483 g/mol. The number of aliphatic hydroxyl groups is 1. The molecule has 0 spiro atoms. The molecule has 2 amide bonds. The monoisotopic (exact) mass is 503 g/mol. The van der Waals surface area contributed by atoms with Crippen LogP contribution in [-0.4, -0.2) is 56.4 Å². The molecule has 1 saturated heterocycles. The minimum atomic E-state index is -0.725. The van der Waals surface area contributed by atoms with E-state index in [4.69, 9.17) is 4.74 Å². The zero-order valence-corrected chi connectivity index (χ0v) is 19.3. The molecule has 1 aromatic carbocycles. The topological polar surface area (TPSA) is 91.2 Å². The lowest BCUT2D eigenvalue weighted by Crippen LogP contribution is -2.58. The SMILES string of the molecule is Cc1nc(CO)sc1-c1cc(OC2CN(C(=O)N3N=CC[C@H]3c3cc(F)cc(F)c3)C2)c(F)cn1. The molecule has 4 heterocycles. The van der Waals surface area contributed by atoms with Gasteiger partial charge in [0.05, 0.1) is 48.2 Å². The standard InChI is InChI=1S/C23H20F3N5O3S/c1-12-22(35-21(11-32)29-12)18-7-20(17(26)8-27-18)34-16-9-30(10-16)23(33)31-19(2-3-28-31)13-4-14(24)6-15(25)5-13/h3-8,16,19,32H,2,9-11H2,1H3/t19-/m0/s1. The first-order valence-corrected chi connectivity index (χ1v) is 11.6. The largest absolute Gasteiger partial charge is 0.483 e. The second kappa shape index (κ2) is 9.27. The maximum absolute atomic E-state index is 14.4. The molecule has 0 aliphatic carbocycles. The number of likely N-dealkylation sites (tertiary alicyclic amines) is 1. The third-order valence-electron chi connectivity index (χ3n) is 5.74. The fourth-order valence-corrected chi connectivity index (χ4v) is 4.92. The second-order valence-electron chi connectivity index (χ2n) is 8.20. The van der Waals surface area contributed by atoms with Gasteiger partial charge in [0.15, 0.2) is 11.6 Å². The van der Waals surface area contributed by atoms with Crippen molar-refractivity contribution in [1.29, 1.82) is 0 Å². The van der Waals surface area contributed by atoms with Crippen LogP contribution in [0.25, 0.3) is 10.6 Å². The van der Waals surface area contributed by atoms with Crippen LogP contribution in [0.1, 0.15) is 28.7 Å². The number of rotatable bonds is 5.